The Morgan fingerprint density at radius 3 is 2.32 bits per heavy atom. The zero-order valence-corrected chi connectivity index (χ0v) is 15.8. The van der Waals surface area contributed by atoms with Crippen molar-refractivity contribution in [3.8, 4) is 0 Å². The number of likely N-dealkylation sites (N-methyl/N-ethyl adjacent to an activating group) is 1. The highest BCUT2D eigenvalue weighted by Gasteiger charge is 2.39. The lowest BCUT2D eigenvalue weighted by Gasteiger charge is -2.29. The number of nitro benzene ring substituents is 1. The van der Waals surface area contributed by atoms with Gasteiger partial charge in [-0.2, -0.15) is 0 Å². The number of aliphatic carboxylic acids is 1. The van der Waals surface area contributed by atoms with Gasteiger partial charge < -0.3 is 15.3 Å². The number of amides is 1. The summed E-state index contributed by atoms with van der Waals surface area (Å²) in [5, 5.41) is 23.6. The summed E-state index contributed by atoms with van der Waals surface area (Å²) in [6.07, 6.45) is 0.298. The van der Waals surface area contributed by atoms with E-state index in [2.05, 4.69) is 5.32 Å². The highest BCUT2D eigenvalue weighted by Crippen LogP contribution is 2.28. The number of carbonyl (C=O) groups is 2. The highest BCUT2D eigenvalue weighted by molar-refractivity contribution is 5.85. The van der Waals surface area contributed by atoms with Gasteiger partial charge in [0, 0.05) is 19.7 Å². The zero-order valence-electron chi connectivity index (χ0n) is 15.8. The first-order chi connectivity index (χ1) is 13.3. The highest BCUT2D eigenvalue weighted by atomic mass is 16.6. The lowest BCUT2D eigenvalue weighted by molar-refractivity contribution is -0.384. The van der Waals surface area contributed by atoms with Crippen LogP contribution in [0.3, 0.4) is 0 Å². The van der Waals surface area contributed by atoms with E-state index in [1.165, 1.54) is 11.0 Å². The Morgan fingerprint density at radius 2 is 1.75 bits per heavy atom. The van der Waals surface area contributed by atoms with E-state index in [-0.39, 0.29) is 18.8 Å². The Bertz CT molecular complexity index is 856. The van der Waals surface area contributed by atoms with Gasteiger partial charge in [0.2, 0.25) is 5.91 Å². The molecule has 0 spiro atoms. The maximum atomic E-state index is 12.4. The molecule has 1 amide bonds. The number of nitro groups is 1. The first-order valence-corrected chi connectivity index (χ1v) is 8.82. The summed E-state index contributed by atoms with van der Waals surface area (Å²) in [5.41, 5.74) is -0.424. The van der Waals surface area contributed by atoms with Gasteiger partial charge in [0.25, 0.3) is 5.69 Å². The van der Waals surface area contributed by atoms with Crippen LogP contribution in [0.25, 0.3) is 0 Å². The number of rotatable bonds is 9. The molecule has 0 saturated carbocycles. The van der Waals surface area contributed by atoms with Gasteiger partial charge in [-0.3, -0.25) is 19.7 Å². The molecule has 0 aromatic heterocycles. The number of carbonyl (C=O) groups excluding carboxylic acids is 1. The van der Waals surface area contributed by atoms with Crippen molar-refractivity contribution in [2.45, 2.75) is 18.8 Å². The molecule has 0 radical (unpaired) electrons. The first kappa shape index (κ1) is 20.9. The summed E-state index contributed by atoms with van der Waals surface area (Å²) in [6, 6.07) is 14.9. The molecule has 0 saturated heterocycles. The summed E-state index contributed by atoms with van der Waals surface area (Å²) in [7, 11) is 1.57. The number of nitrogens with zero attached hydrogens (tertiary/aromatic N) is 2. The topological polar surface area (TPSA) is 113 Å². The van der Waals surface area contributed by atoms with E-state index in [0.29, 0.717) is 17.7 Å². The third-order valence-electron chi connectivity index (χ3n) is 4.80. The van der Waals surface area contributed by atoms with Gasteiger partial charge in [0.1, 0.15) is 11.1 Å². The van der Waals surface area contributed by atoms with Crippen molar-refractivity contribution >= 4 is 23.3 Å². The number of carboxylic acid groups (broad SMARTS) is 1. The molecule has 2 rings (SSSR count). The number of hydrogen-bond acceptors (Lipinski definition) is 5. The van der Waals surface area contributed by atoms with Crippen LogP contribution in [0.2, 0.25) is 0 Å². The van der Waals surface area contributed by atoms with Crippen molar-refractivity contribution in [3.63, 3.8) is 0 Å². The molecular formula is C20H23N3O5. The lowest BCUT2D eigenvalue weighted by atomic mass is 9.78. The van der Waals surface area contributed by atoms with Crippen molar-refractivity contribution < 1.29 is 19.6 Å². The molecule has 8 nitrogen and oxygen atoms in total. The van der Waals surface area contributed by atoms with Crippen LogP contribution in [0.15, 0.2) is 54.6 Å². The van der Waals surface area contributed by atoms with E-state index in [1.54, 1.807) is 62.5 Å². The van der Waals surface area contributed by atoms with Crippen molar-refractivity contribution in [2.24, 2.45) is 0 Å². The number of carboxylic acids is 1. The van der Waals surface area contributed by atoms with E-state index >= 15 is 0 Å². The second-order valence-corrected chi connectivity index (χ2v) is 6.49. The average Bonchev–Trinajstić information content (AvgIpc) is 2.69. The minimum Gasteiger partial charge on any atom is -0.481 e. The Kier molecular flexibility index (Phi) is 6.70. The maximum Gasteiger partial charge on any atom is 0.315 e. The molecule has 8 heteroatoms. The monoisotopic (exact) mass is 385 g/mol. The maximum absolute atomic E-state index is 12.4. The molecule has 0 heterocycles. The first-order valence-electron chi connectivity index (χ1n) is 8.82. The molecule has 1 unspecified atom stereocenters. The average molecular weight is 385 g/mol. The fraction of sp³-hybridized carbons (Fsp3) is 0.300. The van der Waals surface area contributed by atoms with E-state index in [9.17, 15) is 24.8 Å². The predicted molar refractivity (Wildman–Crippen MR) is 105 cm³/mol. The van der Waals surface area contributed by atoms with Crippen LogP contribution < -0.4 is 10.2 Å². The standard InChI is InChI=1S/C20H23N3O5/c1-3-20(19(25)26,15-9-5-4-6-10-15)14-21-18(24)13-22(2)16-11-7-8-12-17(16)23(27)28/h4-12H,3,13-14H2,1-2H3,(H,21,24)(H,25,26). The number of para-hydroxylation sites is 2. The molecule has 2 aromatic carbocycles. The van der Waals surface area contributed by atoms with Crippen LogP contribution >= 0.6 is 0 Å². The van der Waals surface area contributed by atoms with E-state index in [4.69, 9.17) is 0 Å². The third kappa shape index (κ3) is 4.46. The van der Waals surface area contributed by atoms with Gasteiger partial charge in [-0.05, 0) is 18.1 Å². The fourth-order valence-corrected chi connectivity index (χ4v) is 3.09. The fourth-order valence-electron chi connectivity index (χ4n) is 3.09. The second kappa shape index (κ2) is 8.98. The molecule has 2 aromatic rings. The van der Waals surface area contributed by atoms with Crippen LogP contribution in [-0.4, -0.2) is 42.0 Å². The number of anilines is 1. The minimum absolute atomic E-state index is 0.0770. The van der Waals surface area contributed by atoms with Gasteiger partial charge in [0.15, 0.2) is 0 Å². The van der Waals surface area contributed by atoms with Gasteiger partial charge in [-0.15, -0.1) is 0 Å². The molecule has 2 N–H and O–H groups in total. The number of hydrogen-bond donors (Lipinski definition) is 2. The molecular weight excluding hydrogens is 362 g/mol. The van der Waals surface area contributed by atoms with Crippen LogP contribution in [-0.2, 0) is 15.0 Å². The smallest absolute Gasteiger partial charge is 0.315 e. The lowest BCUT2D eigenvalue weighted by Crippen LogP contribution is -2.48. The van der Waals surface area contributed by atoms with Crippen LogP contribution in [0.4, 0.5) is 11.4 Å². The molecule has 28 heavy (non-hydrogen) atoms. The van der Waals surface area contributed by atoms with Crippen LogP contribution in [0.1, 0.15) is 18.9 Å². The molecule has 0 fully saturated rings. The Labute approximate surface area is 162 Å². The van der Waals surface area contributed by atoms with Crippen molar-refractivity contribution in [2.75, 3.05) is 25.0 Å². The molecule has 0 aliphatic carbocycles. The summed E-state index contributed by atoms with van der Waals surface area (Å²) in [4.78, 5) is 36.5. The number of nitrogens with one attached hydrogen (secondary N) is 1. The van der Waals surface area contributed by atoms with Crippen molar-refractivity contribution in [3.05, 3.63) is 70.3 Å². The Morgan fingerprint density at radius 1 is 1.14 bits per heavy atom. The van der Waals surface area contributed by atoms with Crippen molar-refractivity contribution in [1.82, 2.24) is 5.32 Å². The molecule has 0 bridgehead atoms. The van der Waals surface area contributed by atoms with Crippen LogP contribution in [0, 0.1) is 10.1 Å². The van der Waals surface area contributed by atoms with Gasteiger partial charge in [0.05, 0.1) is 11.5 Å². The normalized spacial score (nSPS) is 12.6. The predicted octanol–water partition coefficient (Wildman–Crippen LogP) is 2.58. The Hall–Kier alpha value is -3.42. The van der Waals surface area contributed by atoms with Crippen LogP contribution in [0.5, 0.6) is 0 Å². The third-order valence-corrected chi connectivity index (χ3v) is 4.80. The molecule has 148 valence electrons. The quantitative estimate of drug-likeness (QED) is 0.507. The minimum atomic E-state index is -1.24. The number of benzene rings is 2. The van der Waals surface area contributed by atoms with Crippen molar-refractivity contribution in [1.29, 1.82) is 0 Å². The van der Waals surface area contributed by atoms with E-state index in [1.807, 2.05) is 0 Å². The van der Waals surface area contributed by atoms with Gasteiger partial charge in [-0.25, -0.2) is 0 Å². The summed E-state index contributed by atoms with van der Waals surface area (Å²) >= 11 is 0. The van der Waals surface area contributed by atoms with Gasteiger partial charge in [-0.1, -0.05) is 49.4 Å². The Balaban J connectivity index is 2.12. The summed E-state index contributed by atoms with van der Waals surface area (Å²) in [6.45, 7) is 1.54. The second-order valence-electron chi connectivity index (χ2n) is 6.49. The summed E-state index contributed by atoms with van der Waals surface area (Å²) < 4.78 is 0. The van der Waals surface area contributed by atoms with E-state index < -0.39 is 22.2 Å². The molecule has 0 aliphatic heterocycles. The zero-order chi connectivity index (χ0) is 20.7. The van der Waals surface area contributed by atoms with Gasteiger partial charge >= 0.3 is 5.97 Å². The SMILES string of the molecule is CCC(CNC(=O)CN(C)c1ccccc1[N+](=O)[O-])(C(=O)O)c1ccccc1. The summed E-state index contributed by atoms with van der Waals surface area (Å²) in [5.74, 6) is -1.44. The largest absolute Gasteiger partial charge is 0.481 e. The molecule has 0 aliphatic rings. The molecule has 1 atom stereocenters. The van der Waals surface area contributed by atoms with E-state index in [0.717, 1.165) is 0 Å².